The van der Waals surface area contributed by atoms with E-state index in [0.29, 0.717) is 24.4 Å². The number of rotatable bonds is 6. The molecular weight excluding hydrogens is 220 g/mol. The number of carbonyl (C=O) groups is 2. The maximum absolute atomic E-state index is 11.6. The van der Waals surface area contributed by atoms with Crippen LogP contribution in [-0.2, 0) is 16.0 Å². The highest BCUT2D eigenvalue weighted by Crippen LogP contribution is 2.24. The molecule has 0 heterocycles. The second kappa shape index (κ2) is 6.03. The van der Waals surface area contributed by atoms with Gasteiger partial charge in [-0.3, -0.25) is 9.59 Å². The first-order valence-corrected chi connectivity index (χ1v) is 5.46. The lowest BCUT2D eigenvalue weighted by Gasteiger charge is -2.07. The van der Waals surface area contributed by atoms with Crippen LogP contribution in [0.5, 0.6) is 11.5 Å². The van der Waals surface area contributed by atoms with E-state index in [1.807, 2.05) is 13.8 Å². The van der Waals surface area contributed by atoms with E-state index in [2.05, 4.69) is 4.74 Å². The summed E-state index contributed by atoms with van der Waals surface area (Å²) in [5.74, 6) is 0.626. The lowest BCUT2D eigenvalue weighted by molar-refractivity contribution is -0.121. The zero-order valence-corrected chi connectivity index (χ0v) is 9.97. The molecule has 0 bridgehead atoms. The number of hydrogen-bond acceptors (Lipinski definition) is 4. The Kier molecular flexibility index (Phi) is 4.69. The van der Waals surface area contributed by atoms with Gasteiger partial charge < -0.3 is 9.84 Å². The first-order chi connectivity index (χ1) is 8.02. The molecule has 92 valence electrons. The van der Waals surface area contributed by atoms with Gasteiger partial charge in [-0.15, -0.1) is 0 Å². The zero-order valence-electron chi connectivity index (χ0n) is 9.97. The predicted octanol–water partition coefficient (Wildman–Crippen LogP) is 2.09. The molecule has 0 aliphatic heterocycles. The van der Waals surface area contributed by atoms with Gasteiger partial charge in [0.25, 0.3) is 6.47 Å². The minimum atomic E-state index is -0.0264. The number of ether oxygens (including phenoxy) is 1. The van der Waals surface area contributed by atoms with Crippen molar-refractivity contribution in [1.29, 1.82) is 0 Å². The number of benzene rings is 1. The zero-order chi connectivity index (χ0) is 12.8. The average Bonchev–Trinajstić information content (AvgIpc) is 2.21. The number of ketones is 1. The Morgan fingerprint density at radius 3 is 2.71 bits per heavy atom. The van der Waals surface area contributed by atoms with Gasteiger partial charge in [0.15, 0.2) is 0 Å². The van der Waals surface area contributed by atoms with Crippen molar-refractivity contribution in [3.63, 3.8) is 0 Å². The lowest BCUT2D eigenvalue weighted by Crippen LogP contribution is -2.06. The smallest absolute Gasteiger partial charge is 0.298 e. The van der Waals surface area contributed by atoms with Gasteiger partial charge in [-0.2, -0.15) is 0 Å². The summed E-state index contributed by atoms with van der Waals surface area (Å²) in [7, 11) is 0. The normalized spacial score (nSPS) is 10.3. The highest BCUT2D eigenvalue weighted by atomic mass is 16.5. The molecular formula is C13H16O4. The van der Waals surface area contributed by atoms with Crippen LogP contribution in [-0.4, -0.2) is 17.4 Å². The molecule has 0 unspecified atom stereocenters. The van der Waals surface area contributed by atoms with Crippen LogP contribution in [0, 0.1) is 5.92 Å². The molecule has 0 fully saturated rings. The van der Waals surface area contributed by atoms with Crippen molar-refractivity contribution in [3.05, 3.63) is 23.8 Å². The number of phenols is 1. The fraction of sp³-hybridized carbons (Fsp3) is 0.385. The average molecular weight is 236 g/mol. The van der Waals surface area contributed by atoms with Gasteiger partial charge >= 0.3 is 0 Å². The fourth-order valence-corrected chi connectivity index (χ4v) is 1.56. The van der Waals surface area contributed by atoms with Crippen LogP contribution >= 0.6 is 0 Å². The molecule has 0 saturated heterocycles. The van der Waals surface area contributed by atoms with Crippen LogP contribution in [0.3, 0.4) is 0 Å². The summed E-state index contributed by atoms with van der Waals surface area (Å²) in [6, 6.07) is 4.46. The van der Waals surface area contributed by atoms with E-state index in [-0.39, 0.29) is 23.7 Å². The molecule has 0 aliphatic carbocycles. The summed E-state index contributed by atoms with van der Waals surface area (Å²) in [6.45, 7) is 4.23. The minimum absolute atomic E-state index is 0.0264. The van der Waals surface area contributed by atoms with Gasteiger partial charge in [0.05, 0.1) is 0 Å². The lowest BCUT2D eigenvalue weighted by atomic mass is 10.0. The molecule has 0 aromatic heterocycles. The molecule has 0 radical (unpaired) electrons. The highest BCUT2D eigenvalue weighted by molar-refractivity contribution is 5.81. The first kappa shape index (κ1) is 13.2. The van der Waals surface area contributed by atoms with Crippen LogP contribution < -0.4 is 4.74 Å². The molecule has 17 heavy (non-hydrogen) atoms. The summed E-state index contributed by atoms with van der Waals surface area (Å²) in [6.07, 6.45) is 0.692. The van der Waals surface area contributed by atoms with Gasteiger partial charge in [-0.25, -0.2) is 0 Å². The van der Waals surface area contributed by atoms with Crippen LogP contribution in [0.1, 0.15) is 25.8 Å². The fourth-order valence-electron chi connectivity index (χ4n) is 1.56. The van der Waals surface area contributed by atoms with Gasteiger partial charge in [-0.1, -0.05) is 19.9 Å². The van der Waals surface area contributed by atoms with Crippen molar-refractivity contribution < 1.29 is 19.4 Å². The van der Waals surface area contributed by atoms with Crippen molar-refractivity contribution in [2.75, 3.05) is 0 Å². The molecule has 0 amide bonds. The maximum atomic E-state index is 11.6. The third kappa shape index (κ3) is 4.26. The summed E-state index contributed by atoms with van der Waals surface area (Å²) in [5.41, 5.74) is 0.550. The topological polar surface area (TPSA) is 63.6 Å². The number of hydrogen-bond donors (Lipinski definition) is 1. The second-order valence-corrected chi connectivity index (χ2v) is 4.32. The first-order valence-electron chi connectivity index (χ1n) is 5.46. The Labute approximate surface area is 100 Å². The molecule has 1 N–H and O–H groups in total. The minimum Gasteiger partial charge on any atom is -0.508 e. The van der Waals surface area contributed by atoms with Crippen LogP contribution in [0.25, 0.3) is 0 Å². The highest BCUT2D eigenvalue weighted by Gasteiger charge is 2.10. The quantitative estimate of drug-likeness (QED) is 0.768. The molecule has 0 saturated carbocycles. The van der Waals surface area contributed by atoms with Gasteiger partial charge in [-0.05, 0) is 12.0 Å². The standard InChI is InChI=1S/C13H16O4/c1-9(2)5-11(15)6-10-3-4-12(17-8-14)7-13(10)16/h3-4,7-9,16H,5-6H2,1-2H3. The van der Waals surface area contributed by atoms with E-state index in [4.69, 9.17) is 0 Å². The molecule has 1 aromatic carbocycles. The molecule has 0 spiro atoms. The third-order valence-corrected chi connectivity index (χ3v) is 2.26. The third-order valence-electron chi connectivity index (χ3n) is 2.26. The number of Topliss-reactive ketones (excluding diaryl/α,β-unsaturated/α-hetero) is 1. The number of aromatic hydroxyl groups is 1. The van der Waals surface area contributed by atoms with E-state index in [1.54, 1.807) is 12.1 Å². The van der Waals surface area contributed by atoms with Crippen molar-refractivity contribution >= 4 is 12.3 Å². The Bertz CT molecular complexity index is 410. The van der Waals surface area contributed by atoms with Crippen LogP contribution in [0.4, 0.5) is 0 Å². The van der Waals surface area contributed by atoms with E-state index < -0.39 is 0 Å². The molecule has 4 heteroatoms. The predicted molar refractivity (Wildman–Crippen MR) is 63.0 cm³/mol. The maximum Gasteiger partial charge on any atom is 0.298 e. The SMILES string of the molecule is CC(C)CC(=O)Cc1ccc(OC=O)cc1O. The Balaban J connectivity index is 2.72. The Morgan fingerprint density at radius 2 is 2.18 bits per heavy atom. The van der Waals surface area contributed by atoms with Crippen molar-refractivity contribution in [1.82, 2.24) is 0 Å². The monoisotopic (exact) mass is 236 g/mol. The molecule has 0 aliphatic rings. The number of phenolic OH excluding ortho intramolecular Hbond substituents is 1. The van der Waals surface area contributed by atoms with Crippen LogP contribution in [0.2, 0.25) is 0 Å². The van der Waals surface area contributed by atoms with Crippen molar-refractivity contribution in [2.45, 2.75) is 26.7 Å². The van der Waals surface area contributed by atoms with E-state index in [1.165, 1.54) is 6.07 Å². The van der Waals surface area contributed by atoms with E-state index in [9.17, 15) is 14.7 Å². The van der Waals surface area contributed by atoms with Crippen LogP contribution in [0.15, 0.2) is 18.2 Å². The van der Waals surface area contributed by atoms with Crippen molar-refractivity contribution in [2.24, 2.45) is 5.92 Å². The number of carbonyl (C=O) groups excluding carboxylic acids is 2. The van der Waals surface area contributed by atoms with Gasteiger partial charge in [0.2, 0.25) is 0 Å². The molecule has 1 rings (SSSR count). The van der Waals surface area contributed by atoms with E-state index in [0.717, 1.165) is 0 Å². The summed E-state index contributed by atoms with van der Waals surface area (Å²) < 4.78 is 4.59. The summed E-state index contributed by atoms with van der Waals surface area (Å²) >= 11 is 0. The van der Waals surface area contributed by atoms with Gasteiger partial charge in [0.1, 0.15) is 17.3 Å². The van der Waals surface area contributed by atoms with Crippen molar-refractivity contribution in [3.8, 4) is 11.5 Å². The molecule has 4 nitrogen and oxygen atoms in total. The largest absolute Gasteiger partial charge is 0.508 e. The van der Waals surface area contributed by atoms with Gasteiger partial charge in [0, 0.05) is 24.5 Å². The Morgan fingerprint density at radius 1 is 1.47 bits per heavy atom. The second-order valence-electron chi connectivity index (χ2n) is 4.32. The molecule has 1 aromatic rings. The molecule has 0 atom stereocenters. The van der Waals surface area contributed by atoms with E-state index >= 15 is 0 Å². The summed E-state index contributed by atoms with van der Waals surface area (Å²) in [5, 5.41) is 9.65. The summed E-state index contributed by atoms with van der Waals surface area (Å²) in [4.78, 5) is 21.7. The Hall–Kier alpha value is -1.84.